The molecule has 1 amide bonds. The zero-order valence-corrected chi connectivity index (χ0v) is 14.8. The first kappa shape index (κ1) is 18.3. The molecule has 2 N–H and O–H groups in total. The molecule has 1 aromatic carbocycles. The maximum atomic E-state index is 12.0. The highest BCUT2D eigenvalue weighted by molar-refractivity contribution is 5.77. The number of ether oxygens (including phenoxy) is 2. The summed E-state index contributed by atoms with van der Waals surface area (Å²) < 4.78 is 10.6. The minimum absolute atomic E-state index is 0.0585. The van der Waals surface area contributed by atoms with Crippen LogP contribution < -0.4 is 19.7 Å². The van der Waals surface area contributed by atoms with Crippen molar-refractivity contribution in [3.8, 4) is 11.5 Å². The standard InChI is InChI=1S/C17H28N2O3/c1-12-8-14(21-6)15(22-7)9-13(12)10-19(5)11-16(20)18-17(2,3)4/h8-9H,10-11H2,1-7H3,(H,18,20)/p+1. The van der Waals surface area contributed by atoms with Gasteiger partial charge in [-0.25, -0.2) is 0 Å². The van der Waals surface area contributed by atoms with Crippen molar-refractivity contribution in [1.82, 2.24) is 5.32 Å². The lowest BCUT2D eigenvalue weighted by Gasteiger charge is -2.22. The third-order valence-corrected chi connectivity index (χ3v) is 3.31. The molecule has 5 nitrogen and oxygen atoms in total. The molecule has 0 aliphatic carbocycles. The van der Waals surface area contributed by atoms with Crippen LogP contribution in [0.3, 0.4) is 0 Å². The van der Waals surface area contributed by atoms with E-state index in [1.165, 1.54) is 0 Å². The van der Waals surface area contributed by atoms with Crippen LogP contribution in [0.1, 0.15) is 31.9 Å². The predicted molar refractivity (Wildman–Crippen MR) is 87.6 cm³/mol. The van der Waals surface area contributed by atoms with E-state index in [1.54, 1.807) is 14.2 Å². The third kappa shape index (κ3) is 5.56. The molecule has 124 valence electrons. The third-order valence-electron chi connectivity index (χ3n) is 3.31. The van der Waals surface area contributed by atoms with Crippen molar-refractivity contribution in [3.05, 3.63) is 23.3 Å². The first-order valence-corrected chi connectivity index (χ1v) is 7.50. The van der Waals surface area contributed by atoms with Gasteiger partial charge in [0.25, 0.3) is 5.91 Å². The van der Waals surface area contributed by atoms with Gasteiger partial charge in [0.1, 0.15) is 6.54 Å². The molecule has 0 radical (unpaired) electrons. The molecular formula is C17H29N2O3+. The quantitative estimate of drug-likeness (QED) is 0.822. The summed E-state index contributed by atoms with van der Waals surface area (Å²) in [6.45, 7) is 9.19. The minimum atomic E-state index is -0.198. The van der Waals surface area contributed by atoms with E-state index in [2.05, 4.69) is 5.32 Å². The lowest BCUT2D eigenvalue weighted by atomic mass is 10.1. The fourth-order valence-corrected chi connectivity index (χ4v) is 2.34. The molecule has 5 heteroatoms. The van der Waals surface area contributed by atoms with Gasteiger partial charge in [-0.15, -0.1) is 0 Å². The number of amides is 1. The van der Waals surface area contributed by atoms with Crippen molar-refractivity contribution in [2.75, 3.05) is 27.8 Å². The van der Waals surface area contributed by atoms with Crippen molar-refractivity contribution in [1.29, 1.82) is 0 Å². The largest absolute Gasteiger partial charge is 0.493 e. The predicted octanol–water partition coefficient (Wildman–Crippen LogP) is 0.942. The van der Waals surface area contributed by atoms with E-state index < -0.39 is 0 Å². The van der Waals surface area contributed by atoms with Gasteiger partial charge in [-0.2, -0.15) is 0 Å². The van der Waals surface area contributed by atoms with Crippen LogP contribution in [0.4, 0.5) is 0 Å². The number of hydrogen-bond donors (Lipinski definition) is 2. The Hall–Kier alpha value is -1.75. The monoisotopic (exact) mass is 309 g/mol. The van der Waals surface area contributed by atoms with Crippen LogP contribution in [-0.4, -0.2) is 39.3 Å². The molecule has 0 saturated carbocycles. The van der Waals surface area contributed by atoms with Crippen molar-refractivity contribution in [3.63, 3.8) is 0 Å². The lowest BCUT2D eigenvalue weighted by Crippen LogP contribution is -3.09. The Bertz CT molecular complexity index is 521. The average Bonchev–Trinajstić information content (AvgIpc) is 2.38. The summed E-state index contributed by atoms with van der Waals surface area (Å²) in [6, 6.07) is 3.95. The molecule has 0 spiro atoms. The number of carbonyl (C=O) groups is 1. The van der Waals surface area contributed by atoms with Gasteiger partial charge in [-0.05, 0) is 45.4 Å². The van der Waals surface area contributed by atoms with Crippen LogP contribution in [0.15, 0.2) is 12.1 Å². The molecule has 1 atom stereocenters. The average molecular weight is 309 g/mol. The first-order valence-electron chi connectivity index (χ1n) is 7.50. The second-order valence-electron chi connectivity index (χ2n) is 6.74. The summed E-state index contributed by atoms with van der Waals surface area (Å²) in [5, 5.41) is 2.99. The summed E-state index contributed by atoms with van der Waals surface area (Å²) in [5.74, 6) is 1.50. The summed E-state index contributed by atoms with van der Waals surface area (Å²) in [5.41, 5.74) is 2.09. The minimum Gasteiger partial charge on any atom is -0.493 e. The molecule has 22 heavy (non-hydrogen) atoms. The van der Waals surface area contributed by atoms with E-state index in [-0.39, 0.29) is 11.4 Å². The Morgan fingerprint density at radius 1 is 1.18 bits per heavy atom. The van der Waals surface area contributed by atoms with Crippen LogP contribution >= 0.6 is 0 Å². The Morgan fingerprint density at radius 2 is 1.73 bits per heavy atom. The number of carbonyl (C=O) groups excluding carboxylic acids is 1. The molecule has 0 aliphatic rings. The van der Waals surface area contributed by atoms with Gasteiger partial charge >= 0.3 is 0 Å². The molecule has 0 bridgehead atoms. The number of hydrogen-bond acceptors (Lipinski definition) is 3. The summed E-state index contributed by atoms with van der Waals surface area (Å²) in [6.07, 6.45) is 0. The van der Waals surface area contributed by atoms with Gasteiger partial charge in [-0.1, -0.05) is 0 Å². The second kappa shape index (κ2) is 7.49. The van der Waals surface area contributed by atoms with Gasteiger partial charge in [0.05, 0.1) is 21.3 Å². The van der Waals surface area contributed by atoms with E-state index in [0.29, 0.717) is 6.54 Å². The van der Waals surface area contributed by atoms with E-state index in [0.717, 1.165) is 34.1 Å². The fourth-order valence-electron chi connectivity index (χ4n) is 2.34. The van der Waals surface area contributed by atoms with Crippen molar-refractivity contribution >= 4 is 5.91 Å². The molecule has 0 fully saturated rings. The van der Waals surface area contributed by atoms with Crippen LogP contribution in [-0.2, 0) is 11.3 Å². The zero-order valence-electron chi connectivity index (χ0n) is 14.8. The maximum Gasteiger partial charge on any atom is 0.275 e. The molecule has 0 saturated heterocycles. The van der Waals surface area contributed by atoms with Crippen LogP contribution in [0, 0.1) is 6.92 Å². The SMILES string of the molecule is COc1cc(C)c(C[NH+](C)CC(=O)NC(C)(C)C)cc1OC. The fraction of sp³-hybridized carbons (Fsp3) is 0.588. The Morgan fingerprint density at radius 3 is 2.23 bits per heavy atom. The Balaban J connectivity index is 2.76. The summed E-state index contributed by atoms with van der Waals surface area (Å²) in [4.78, 5) is 13.1. The van der Waals surface area contributed by atoms with Crippen molar-refractivity contribution in [2.24, 2.45) is 0 Å². The number of likely N-dealkylation sites (N-methyl/N-ethyl adjacent to an activating group) is 1. The van der Waals surface area contributed by atoms with E-state index in [9.17, 15) is 4.79 Å². The Labute approximate surface area is 133 Å². The molecule has 0 aliphatic heterocycles. The highest BCUT2D eigenvalue weighted by Gasteiger charge is 2.18. The molecule has 0 aromatic heterocycles. The first-order chi connectivity index (χ1) is 10.2. The number of benzene rings is 1. The number of methoxy groups -OCH3 is 2. The van der Waals surface area contributed by atoms with Crippen LogP contribution in [0.5, 0.6) is 11.5 Å². The number of aryl methyl sites for hydroxylation is 1. The molecule has 1 rings (SSSR count). The van der Waals surface area contributed by atoms with Crippen LogP contribution in [0.2, 0.25) is 0 Å². The van der Waals surface area contributed by atoms with Gasteiger partial charge < -0.3 is 19.7 Å². The van der Waals surface area contributed by atoms with Crippen molar-refractivity contribution in [2.45, 2.75) is 39.8 Å². The van der Waals surface area contributed by atoms with E-state index in [4.69, 9.17) is 9.47 Å². The smallest absolute Gasteiger partial charge is 0.275 e. The highest BCUT2D eigenvalue weighted by Crippen LogP contribution is 2.29. The summed E-state index contributed by atoms with van der Waals surface area (Å²) in [7, 11) is 5.27. The van der Waals surface area contributed by atoms with E-state index >= 15 is 0 Å². The number of nitrogens with one attached hydrogen (secondary N) is 2. The number of rotatable bonds is 6. The van der Waals surface area contributed by atoms with Gasteiger partial charge in [-0.3, -0.25) is 4.79 Å². The Kier molecular flexibility index (Phi) is 6.23. The van der Waals surface area contributed by atoms with Gasteiger partial charge in [0, 0.05) is 11.1 Å². The van der Waals surface area contributed by atoms with Gasteiger partial charge in [0.2, 0.25) is 0 Å². The van der Waals surface area contributed by atoms with Crippen LogP contribution in [0.25, 0.3) is 0 Å². The molecule has 0 heterocycles. The molecule has 1 aromatic rings. The van der Waals surface area contributed by atoms with Gasteiger partial charge in [0.15, 0.2) is 18.0 Å². The number of quaternary nitrogens is 1. The highest BCUT2D eigenvalue weighted by atomic mass is 16.5. The van der Waals surface area contributed by atoms with Crippen molar-refractivity contribution < 1.29 is 19.2 Å². The second-order valence-corrected chi connectivity index (χ2v) is 6.74. The molecular weight excluding hydrogens is 280 g/mol. The summed E-state index contributed by atoms with van der Waals surface area (Å²) >= 11 is 0. The molecule has 1 unspecified atom stereocenters. The topological polar surface area (TPSA) is 52.0 Å². The maximum absolute atomic E-state index is 12.0. The zero-order chi connectivity index (χ0) is 16.9. The normalized spacial score (nSPS) is 12.7. The van der Waals surface area contributed by atoms with E-state index in [1.807, 2.05) is 46.9 Å². The lowest BCUT2D eigenvalue weighted by molar-refractivity contribution is -0.885.